The van der Waals surface area contributed by atoms with Gasteiger partial charge in [-0.15, -0.1) is 12.4 Å². The van der Waals surface area contributed by atoms with Gasteiger partial charge in [-0.2, -0.15) is 0 Å². The van der Waals surface area contributed by atoms with Gasteiger partial charge in [0, 0.05) is 12.0 Å². The van der Waals surface area contributed by atoms with Crippen molar-refractivity contribution in [3.05, 3.63) is 65.7 Å². The Morgan fingerprint density at radius 2 is 1.65 bits per heavy atom. The van der Waals surface area contributed by atoms with Gasteiger partial charge in [-0.25, -0.2) is 0 Å². The van der Waals surface area contributed by atoms with Crippen molar-refractivity contribution in [1.29, 1.82) is 0 Å². The highest BCUT2D eigenvalue weighted by molar-refractivity contribution is 5.85. The van der Waals surface area contributed by atoms with Crippen molar-refractivity contribution in [1.82, 2.24) is 0 Å². The number of para-hydroxylation sites is 1. The van der Waals surface area contributed by atoms with Crippen LogP contribution in [0.25, 0.3) is 0 Å². The molecule has 108 valence electrons. The molecule has 0 saturated carbocycles. The molecule has 0 aliphatic heterocycles. The fourth-order valence-electron chi connectivity index (χ4n) is 2.13. The topological polar surface area (TPSA) is 55.5 Å². The zero-order chi connectivity index (χ0) is 13.7. The quantitative estimate of drug-likeness (QED) is 0.891. The van der Waals surface area contributed by atoms with Gasteiger partial charge in [0.05, 0.1) is 19.3 Å². The summed E-state index contributed by atoms with van der Waals surface area (Å²) in [6, 6.07) is 16.9. The summed E-state index contributed by atoms with van der Waals surface area (Å²) < 4.78 is 5.28. The smallest absolute Gasteiger partial charge is 0.123 e. The number of hydrogen-bond donors (Lipinski definition) is 2. The van der Waals surface area contributed by atoms with Crippen molar-refractivity contribution < 1.29 is 9.84 Å². The van der Waals surface area contributed by atoms with Crippen LogP contribution in [0.3, 0.4) is 0 Å². The molecule has 0 amide bonds. The zero-order valence-corrected chi connectivity index (χ0v) is 12.2. The number of aliphatic hydroxyl groups is 1. The molecular formula is C16H20ClNO2. The number of methoxy groups -OCH3 is 1. The normalized spacial score (nSPS) is 13.2. The first kappa shape index (κ1) is 16.5. The molecule has 0 unspecified atom stereocenters. The number of halogens is 1. The molecule has 0 saturated heterocycles. The molecule has 2 rings (SSSR count). The highest BCUT2D eigenvalue weighted by atomic mass is 35.5. The Morgan fingerprint density at radius 1 is 1.05 bits per heavy atom. The summed E-state index contributed by atoms with van der Waals surface area (Å²) in [6.45, 7) is 0. The van der Waals surface area contributed by atoms with Gasteiger partial charge in [0.25, 0.3) is 0 Å². The zero-order valence-electron chi connectivity index (χ0n) is 11.4. The van der Waals surface area contributed by atoms with Gasteiger partial charge < -0.3 is 15.6 Å². The maximum absolute atomic E-state index is 10.3. The summed E-state index contributed by atoms with van der Waals surface area (Å²) in [5.74, 6) is 0.710. The van der Waals surface area contributed by atoms with Crippen molar-refractivity contribution in [3.8, 4) is 5.75 Å². The van der Waals surface area contributed by atoms with E-state index in [4.69, 9.17) is 10.5 Å². The van der Waals surface area contributed by atoms with Gasteiger partial charge in [-0.3, -0.25) is 0 Å². The van der Waals surface area contributed by atoms with Crippen LogP contribution in [0.2, 0.25) is 0 Å². The minimum Gasteiger partial charge on any atom is -0.496 e. The van der Waals surface area contributed by atoms with E-state index in [2.05, 4.69) is 0 Å². The molecule has 0 aliphatic rings. The van der Waals surface area contributed by atoms with Crippen LogP contribution in [-0.4, -0.2) is 18.3 Å². The molecule has 20 heavy (non-hydrogen) atoms. The summed E-state index contributed by atoms with van der Waals surface area (Å²) in [5.41, 5.74) is 8.03. The molecule has 0 radical (unpaired) electrons. The molecule has 3 nitrogen and oxygen atoms in total. The van der Waals surface area contributed by atoms with Crippen LogP contribution in [-0.2, 0) is 6.42 Å². The van der Waals surface area contributed by atoms with Crippen molar-refractivity contribution in [2.24, 2.45) is 5.73 Å². The Balaban J connectivity index is 0.00000200. The van der Waals surface area contributed by atoms with Gasteiger partial charge >= 0.3 is 0 Å². The highest BCUT2D eigenvalue weighted by Crippen LogP contribution is 2.26. The summed E-state index contributed by atoms with van der Waals surface area (Å²) in [4.78, 5) is 0. The lowest BCUT2D eigenvalue weighted by Crippen LogP contribution is -2.28. The van der Waals surface area contributed by atoms with Crippen LogP contribution in [0, 0.1) is 0 Å². The average molecular weight is 294 g/mol. The van der Waals surface area contributed by atoms with E-state index in [9.17, 15) is 5.11 Å². The van der Waals surface area contributed by atoms with E-state index in [0.717, 1.165) is 11.1 Å². The third-order valence-electron chi connectivity index (χ3n) is 3.20. The largest absolute Gasteiger partial charge is 0.496 e. The van der Waals surface area contributed by atoms with E-state index in [0.29, 0.717) is 12.2 Å². The highest BCUT2D eigenvalue weighted by Gasteiger charge is 2.20. The Labute approximate surface area is 125 Å². The maximum atomic E-state index is 10.3. The molecule has 0 aromatic heterocycles. The van der Waals surface area contributed by atoms with Crippen LogP contribution < -0.4 is 10.5 Å². The van der Waals surface area contributed by atoms with Gasteiger partial charge in [-0.1, -0.05) is 48.5 Å². The first-order valence-electron chi connectivity index (χ1n) is 6.33. The second kappa shape index (κ2) is 7.90. The molecular weight excluding hydrogens is 274 g/mol. The monoisotopic (exact) mass is 293 g/mol. The fourth-order valence-corrected chi connectivity index (χ4v) is 2.13. The van der Waals surface area contributed by atoms with Crippen LogP contribution in [0.1, 0.15) is 17.2 Å². The van der Waals surface area contributed by atoms with E-state index < -0.39 is 12.1 Å². The number of ether oxygens (including phenoxy) is 1. The SMILES string of the molecule is COc1ccccc1[C@H](N)[C@H](O)Cc1ccccc1.Cl. The van der Waals surface area contributed by atoms with Crippen molar-refractivity contribution >= 4 is 12.4 Å². The van der Waals surface area contributed by atoms with Gasteiger partial charge in [-0.05, 0) is 11.6 Å². The number of benzene rings is 2. The van der Waals surface area contributed by atoms with Crippen LogP contribution >= 0.6 is 12.4 Å². The second-order valence-electron chi connectivity index (χ2n) is 4.52. The van der Waals surface area contributed by atoms with Gasteiger partial charge in [0.1, 0.15) is 5.75 Å². The van der Waals surface area contributed by atoms with E-state index in [1.807, 2.05) is 54.6 Å². The molecule has 0 spiro atoms. The molecule has 3 N–H and O–H groups in total. The first-order valence-corrected chi connectivity index (χ1v) is 6.33. The molecule has 4 heteroatoms. The van der Waals surface area contributed by atoms with E-state index in [1.54, 1.807) is 7.11 Å². The van der Waals surface area contributed by atoms with Gasteiger partial charge in [0.2, 0.25) is 0 Å². The maximum Gasteiger partial charge on any atom is 0.123 e. The second-order valence-corrected chi connectivity index (χ2v) is 4.52. The van der Waals surface area contributed by atoms with E-state index in [-0.39, 0.29) is 12.4 Å². The lowest BCUT2D eigenvalue weighted by Gasteiger charge is -2.21. The summed E-state index contributed by atoms with van der Waals surface area (Å²) in [5, 5.41) is 10.3. The lowest BCUT2D eigenvalue weighted by atomic mass is 9.96. The molecule has 0 heterocycles. The predicted molar refractivity (Wildman–Crippen MR) is 83.3 cm³/mol. The van der Waals surface area contributed by atoms with Crippen molar-refractivity contribution in [2.75, 3.05) is 7.11 Å². The van der Waals surface area contributed by atoms with Gasteiger partial charge in [0.15, 0.2) is 0 Å². The number of hydrogen-bond acceptors (Lipinski definition) is 3. The minimum absolute atomic E-state index is 0. The summed E-state index contributed by atoms with van der Waals surface area (Å²) >= 11 is 0. The first-order chi connectivity index (χ1) is 9.22. The van der Waals surface area contributed by atoms with Crippen LogP contribution in [0.4, 0.5) is 0 Å². The summed E-state index contributed by atoms with van der Waals surface area (Å²) in [7, 11) is 1.61. The molecule has 2 aromatic carbocycles. The van der Waals surface area contributed by atoms with Crippen molar-refractivity contribution in [3.63, 3.8) is 0 Å². The van der Waals surface area contributed by atoms with Crippen molar-refractivity contribution in [2.45, 2.75) is 18.6 Å². The predicted octanol–water partition coefficient (Wildman–Crippen LogP) is 2.72. The number of aliphatic hydroxyl groups excluding tert-OH is 1. The number of nitrogens with two attached hydrogens (primary N) is 1. The number of rotatable bonds is 5. The van der Waals surface area contributed by atoms with Crippen LogP contribution in [0.5, 0.6) is 5.75 Å². The van der Waals surface area contributed by atoms with Crippen LogP contribution in [0.15, 0.2) is 54.6 Å². The fraction of sp³-hybridized carbons (Fsp3) is 0.250. The standard InChI is InChI=1S/C16H19NO2.ClH/c1-19-15-10-6-5-9-13(15)16(17)14(18)11-12-7-3-2-4-8-12;/h2-10,14,16,18H,11,17H2,1H3;1H/t14-,16+;/m1./s1. The Kier molecular flexibility index (Phi) is 6.52. The minimum atomic E-state index is -0.640. The molecule has 2 atom stereocenters. The third kappa shape index (κ3) is 3.97. The Hall–Kier alpha value is -1.55. The molecule has 2 aromatic rings. The Morgan fingerprint density at radius 3 is 2.30 bits per heavy atom. The molecule has 0 fully saturated rings. The average Bonchev–Trinajstić information content (AvgIpc) is 2.47. The summed E-state index contributed by atoms with van der Waals surface area (Å²) in [6.07, 6.45) is -0.112. The molecule has 0 aliphatic carbocycles. The van der Waals surface area contributed by atoms with E-state index in [1.165, 1.54) is 0 Å². The lowest BCUT2D eigenvalue weighted by molar-refractivity contribution is 0.143. The molecule has 0 bridgehead atoms. The van der Waals surface area contributed by atoms with E-state index >= 15 is 0 Å². The Bertz CT molecular complexity index is 519. The third-order valence-corrected chi connectivity index (χ3v) is 3.20.